The lowest BCUT2D eigenvalue weighted by molar-refractivity contribution is -0.114. The van der Waals surface area contributed by atoms with Gasteiger partial charge in [0.15, 0.2) is 5.78 Å². The molecule has 0 aliphatic heterocycles. The zero-order valence-corrected chi connectivity index (χ0v) is 8.57. The molecular formula is C11H15N3O. The lowest BCUT2D eigenvalue weighted by atomic mass is 10.2. The number of nitrogen functional groups attached to an aromatic ring is 1. The third-order valence-electron chi connectivity index (χ3n) is 1.90. The molecule has 0 aliphatic carbocycles. The number of pyridine rings is 1. The molecule has 0 unspecified atom stereocenters. The second kappa shape index (κ2) is 5.80. The van der Waals surface area contributed by atoms with Gasteiger partial charge in [0.05, 0.1) is 0 Å². The van der Waals surface area contributed by atoms with Gasteiger partial charge < -0.3 is 11.1 Å². The fraction of sp³-hybridized carbons (Fsp3) is 0.273. The number of hydrogen-bond donors (Lipinski definition) is 2. The molecule has 0 radical (unpaired) electrons. The summed E-state index contributed by atoms with van der Waals surface area (Å²) in [7, 11) is 0. The summed E-state index contributed by atoms with van der Waals surface area (Å²) in [6, 6.07) is 5.40. The number of rotatable bonds is 6. The first kappa shape index (κ1) is 11.2. The smallest absolute Gasteiger partial charge is 0.155 e. The highest BCUT2D eigenvalue weighted by atomic mass is 16.1. The maximum Gasteiger partial charge on any atom is 0.155 e. The Hall–Kier alpha value is -1.84. The Bertz CT molecular complexity index is 349. The van der Waals surface area contributed by atoms with Crippen molar-refractivity contribution in [2.45, 2.75) is 12.8 Å². The number of aromatic nitrogens is 1. The van der Waals surface area contributed by atoms with Gasteiger partial charge in [-0.15, -0.1) is 0 Å². The molecule has 15 heavy (non-hydrogen) atoms. The fourth-order valence-electron chi connectivity index (χ4n) is 1.13. The third kappa shape index (κ3) is 4.26. The summed E-state index contributed by atoms with van der Waals surface area (Å²) in [5.74, 6) is 1.29. The highest BCUT2D eigenvalue weighted by Crippen LogP contribution is 2.05. The number of nitrogens with two attached hydrogens (primary N) is 1. The van der Waals surface area contributed by atoms with Crippen LogP contribution < -0.4 is 11.1 Å². The van der Waals surface area contributed by atoms with Crippen LogP contribution in [0.5, 0.6) is 0 Å². The summed E-state index contributed by atoms with van der Waals surface area (Å²) < 4.78 is 0. The van der Waals surface area contributed by atoms with E-state index in [1.807, 2.05) is 12.1 Å². The van der Waals surface area contributed by atoms with E-state index in [1.54, 1.807) is 6.07 Å². The Morgan fingerprint density at radius 3 is 3.07 bits per heavy atom. The van der Waals surface area contributed by atoms with Gasteiger partial charge in [0.1, 0.15) is 11.6 Å². The molecule has 0 saturated carbocycles. The number of carbonyl (C=O) groups excluding carboxylic acids is 1. The van der Waals surface area contributed by atoms with Gasteiger partial charge in [-0.2, -0.15) is 0 Å². The largest absolute Gasteiger partial charge is 0.384 e. The van der Waals surface area contributed by atoms with Crippen molar-refractivity contribution in [3.05, 3.63) is 30.9 Å². The molecule has 0 fully saturated rings. The second-order valence-corrected chi connectivity index (χ2v) is 3.15. The van der Waals surface area contributed by atoms with Crippen LogP contribution in [0.25, 0.3) is 0 Å². The van der Waals surface area contributed by atoms with Crippen LogP contribution in [-0.4, -0.2) is 17.3 Å². The molecule has 3 N–H and O–H groups in total. The summed E-state index contributed by atoms with van der Waals surface area (Å²) in [6.45, 7) is 4.11. The normalized spacial score (nSPS) is 9.60. The second-order valence-electron chi connectivity index (χ2n) is 3.15. The van der Waals surface area contributed by atoms with Crippen LogP contribution >= 0.6 is 0 Å². The summed E-state index contributed by atoms with van der Waals surface area (Å²) in [4.78, 5) is 15.0. The van der Waals surface area contributed by atoms with Gasteiger partial charge in [-0.1, -0.05) is 12.6 Å². The van der Waals surface area contributed by atoms with Crippen LogP contribution in [0.1, 0.15) is 12.8 Å². The van der Waals surface area contributed by atoms with E-state index in [0.717, 1.165) is 12.2 Å². The van der Waals surface area contributed by atoms with E-state index < -0.39 is 0 Å². The zero-order chi connectivity index (χ0) is 11.1. The zero-order valence-electron chi connectivity index (χ0n) is 8.57. The van der Waals surface area contributed by atoms with E-state index in [-0.39, 0.29) is 5.78 Å². The molecule has 1 rings (SSSR count). The molecule has 0 atom stereocenters. The van der Waals surface area contributed by atoms with Crippen molar-refractivity contribution in [1.82, 2.24) is 4.98 Å². The Labute approximate surface area is 89.2 Å². The quantitative estimate of drug-likeness (QED) is 0.547. The average molecular weight is 205 g/mol. The Morgan fingerprint density at radius 2 is 2.40 bits per heavy atom. The Balaban J connectivity index is 2.26. The van der Waals surface area contributed by atoms with Crippen molar-refractivity contribution in [3.63, 3.8) is 0 Å². The van der Waals surface area contributed by atoms with E-state index in [0.29, 0.717) is 18.8 Å². The molecule has 0 saturated heterocycles. The van der Waals surface area contributed by atoms with Crippen molar-refractivity contribution in [1.29, 1.82) is 0 Å². The molecule has 1 heterocycles. The molecule has 80 valence electrons. The van der Waals surface area contributed by atoms with E-state index >= 15 is 0 Å². The Morgan fingerprint density at radius 1 is 1.60 bits per heavy atom. The van der Waals surface area contributed by atoms with Gasteiger partial charge in [0.2, 0.25) is 0 Å². The maximum absolute atomic E-state index is 10.9. The third-order valence-corrected chi connectivity index (χ3v) is 1.90. The molecule has 0 amide bonds. The van der Waals surface area contributed by atoms with Crippen LogP contribution in [0.3, 0.4) is 0 Å². The van der Waals surface area contributed by atoms with Gasteiger partial charge in [-0.3, -0.25) is 4.79 Å². The van der Waals surface area contributed by atoms with Crippen LogP contribution in [0, 0.1) is 0 Å². The minimum Gasteiger partial charge on any atom is -0.384 e. The van der Waals surface area contributed by atoms with Gasteiger partial charge in [0, 0.05) is 13.0 Å². The standard InChI is InChI=1S/C11H15N3O/c1-2-9(15)5-4-8-13-11-7-3-6-10(12)14-11/h2-3,6-7H,1,4-5,8H2,(H3,12,13,14). The van der Waals surface area contributed by atoms with Crippen LogP contribution in [0.15, 0.2) is 30.9 Å². The minimum atomic E-state index is 0.0670. The van der Waals surface area contributed by atoms with Gasteiger partial charge >= 0.3 is 0 Å². The highest BCUT2D eigenvalue weighted by Gasteiger charge is 1.96. The first-order valence-corrected chi connectivity index (χ1v) is 4.84. The van der Waals surface area contributed by atoms with Crippen LogP contribution in [0.4, 0.5) is 11.6 Å². The Kier molecular flexibility index (Phi) is 4.34. The maximum atomic E-state index is 10.9. The minimum absolute atomic E-state index is 0.0670. The molecule has 0 aliphatic rings. The number of anilines is 2. The molecule has 0 aromatic carbocycles. The van der Waals surface area contributed by atoms with Crippen molar-refractivity contribution in [2.75, 3.05) is 17.6 Å². The topological polar surface area (TPSA) is 68.0 Å². The van der Waals surface area contributed by atoms with Gasteiger partial charge in [-0.25, -0.2) is 4.98 Å². The number of nitrogens with zero attached hydrogens (tertiary/aromatic N) is 1. The first-order chi connectivity index (χ1) is 7.22. The molecule has 0 spiro atoms. The predicted octanol–water partition coefficient (Wildman–Crippen LogP) is 1.61. The van der Waals surface area contributed by atoms with Gasteiger partial charge in [0.25, 0.3) is 0 Å². The van der Waals surface area contributed by atoms with Crippen molar-refractivity contribution in [2.24, 2.45) is 0 Å². The number of allylic oxidation sites excluding steroid dienone is 1. The summed E-state index contributed by atoms with van der Waals surface area (Å²) >= 11 is 0. The molecule has 1 aromatic rings. The average Bonchev–Trinajstić information content (AvgIpc) is 2.24. The fourth-order valence-corrected chi connectivity index (χ4v) is 1.13. The summed E-state index contributed by atoms with van der Waals surface area (Å²) in [5.41, 5.74) is 5.51. The van der Waals surface area contributed by atoms with E-state index in [2.05, 4.69) is 16.9 Å². The number of nitrogens with one attached hydrogen (secondary N) is 1. The monoisotopic (exact) mass is 205 g/mol. The highest BCUT2D eigenvalue weighted by molar-refractivity contribution is 5.88. The lowest BCUT2D eigenvalue weighted by Crippen LogP contribution is -2.06. The number of carbonyl (C=O) groups is 1. The van der Waals surface area contributed by atoms with E-state index in [9.17, 15) is 4.79 Å². The van der Waals surface area contributed by atoms with Gasteiger partial charge in [-0.05, 0) is 24.6 Å². The molecular weight excluding hydrogens is 190 g/mol. The van der Waals surface area contributed by atoms with Crippen molar-refractivity contribution >= 4 is 17.4 Å². The van der Waals surface area contributed by atoms with Crippen LogP contribution in [0.2, 0.25) is 0 Å². The summed E-state index contributed by atoms with van der Waals surface area (Å²) in [6.07, 6.45) is 2.62. The molecule has 1 aromatic heterocycles. The van der Waals surface area contributed by atoms with E-state index in [1.165, 1.54) is 6.08 Å². The van der Waals surface area contributed by atoms with Crippen molar-refractivity contribution in [3.8, 4) is 0 Å². The SMILES string of the molecule is C=CC(=O)CCCNc1cccc(N)n1. The molecule has 0 bridgehead atoms. The van der Waals surface area contributed by atoms with Crippen LogP contribution in [-0.2, 0) is 4.79 Å². The summed E-state index contributed by atoms with van der Waals surface area (Å²) in [5, 5.41) is 3.09. The molecule has 4 nitrogen and oxygen atoms in total. The number of hydrogen-bond acceptors (Lipinski definition) is 4. The molecule has 4 heteroatoms. The van der Waals surface area contributed by atoms with E-state index in [4.69, 9.17) is 5.73 Å². The predicted molar refractivity (Wildman–Crippen MR) is 61.6 cm³/mol. The lowest BCUT2D eigenvalue weighted by Gasteiger charge is -2.04. The van der Waals surface area contributed by atoms with Crippen molar-refractivity contribution < 1.29 is 4.79 Å². The number of ketones is 1. The first-order valence-electron chi connectivity index (χ1n) is 4.84.